The lowest BCUT2D eigenvalue weighted by molar-refractivity contribution is 0.580. The number of benzene rings is 2. The van der Waals surface area contributed by atoms with Crippen LogP contribution in [0.4, 0.5) is 5.69 Å². The summed E-state index contributed by atoms with van der Waals surface area (Å²) in [4.78, 5) is 2.02. The first-order valence-corrected chi connectivity index (χ1v) is 8.90. The van der Waals surface area contributed by atoms with Crippen molar-refractivity contribution in [1.82, 2.24) is 4.72 Å². The van der Waals surface area contributed by atoms with Crippen LogP contribution in [0.15, 0.2) is 54.6 Å². The average molecular weight is 318 g/mol. The summed E-state index contributed by atoms with van der Waals surface area (Å²) >= 11 is 0. The van der Waals surface area contributed by atoms with E-state index in [1.165, 1.54) is 0 Å². The highest BCUT2D eigenvalue weighted by molar-refractivity contribution is 7.88. The van der Waals surface area contributed by atoms with Gasteiger partial charge in [0.25, 0.3) is 0 Å². The summed E-state index contributed by atoms with van der Waals surface area (Å²) in [5.74, 6) is 0.0176. The minimum atomic E-state index is -3.31. The molecule has 0 saturated heterocycles. The van der Waals surface area contributed by atoms with Crippen LogP contribution in [-0.2, 0) is 15.8 Å². The van der Waals surface area contributed by atoms with Gasteiger partial charge in [-0.15, -0.1) is 0 Å². The molecule has 2 aromatic carbocycles. The molecule has 0 spiro atoms. The molecule has 0 amide bonds. The molecule has 0 aliphatic heterocycles. The van der Waals surface area contributed by atoms with Crippen LogP contribution in [0, 0.1) is 6.92 Å². The fraction of sp³-hybridized carbons (Fsp3) is 0.294. The average Bonchev–Trinajstić information content (AvgIpc) is 2.47. The lowest BCUT2D eigenvalue weighted by atomic mass is 10.2. The first kappa shape index (κ1) is 16.5. The number of nitrogens with zero attached hydrogens (tertiary/aromatic N) is 1. The molecule has 0 unspecified atom stereocenters. The van der Waals surface area contributed by atoms with Gasteiger partial charge in [-0.2, -0.15) is 0 Å². The van der Waals surface area contributed by atoms with Crippen molar-refractivity contribution in [2.45, 2.75) is 12.7 Å². The van der Waals surface area contributed by atoms with E-state index in [-0.39, 0.29) is 5.75 Å². The van der Waals surface area contributed by atoms with Gasteiger partial charge in [0.1, 0.15) is 0 Å². The van der Waals surface area contributed by atoms with E-state index in [1.54, 1.807) is 0 Å². The van der Waals surface area contributed by atoms with Gasteiger partial charge in [-0.05, 0) is 24.6 Å². The number of nitrogens with one attached hydrogen (secondary N) is 1. The lowest BCUT2D eigenvalue weighted by Crippen LogP contribution is -2.33. The normalized spacial score (nSPS) is 11.4. The second-order valence-corrected chi connectivity index (χ2v) is 7.21. The Kier molecular flexibility index (Phi) is 5.57. The van der Waals surface area contributed by atoms with E-state index >= 15 is 0 Å². The van der Waals surface area contributed by atoms with Gasteiger partial charge < -0.3 is 4.90 Å². The Hall–Kier alpha value is -1.85. The molecule has 0 radical (unpaired) electrons. The molecule has 0 bridgehead atoms. The zero-order chi connectivity index (χ0) is 16.0. The first-order chi connectivity index (χ1) is 10.5. The van der Waals surface area contributed by atoms with Gasteiger partial charge in [0.2, 0.25) is 10.0 Å². The predicted molar refractivity (Wildman–Crippen MR) is 91.5 cm³/mol. The molecule has 0 atom stereocenters. The second kappa shape index (κ2) is 7.42. The van der Waals surface area contributed by atoms with Crippen molar-refractivity contribution < 1.29 is 8.42 Å². The summed E-state index contributed by atoms with van der Waals surface area (Å²) in [5, 5.41) is 0. The zero-order valence-electron chi connectivity index (χ0n) is 13.0. The standard InChI is InChI=1S/C17H22N2O2S/c1-15-7-6-8-16(13-15)14-22(20,21)18-11-12-19(2)17-9-4-3-5-10-17/h3-10,13,18H,11-12,14H2,1-2H3. The summed E-state index contributed by atoms with van der Waals surface area (Å²) in [7, 11) is -1.36. The third-order valence-corrected chi connectivity index (χ3v) is 4.76. The quantitative estimate of drug-likeness (QED) is 0.853. The molecule has 0 aliphatic rings. The number of rotatable bonds is 7. The maximum absolute atomic E-state index is 12.1. The topological polar surface area (TPSA) is 49.4 Å². The van der Waals surface area contributed by atoms with E-state index in [0.717, 1.165) is 16.8 Å². The maximum Gasteiger partial charge on any atom is 0.215 e. The minimum Gasteiger partial charge on any atom is -0.373 e. The zero-order valence-corrected chi connectivity index (χ0v) is 13.8. The molecule has 1 N–H and O–H groups in total. The molecular formula is C17H22N2O2S. The van der Waals surface area contributed by atoms with E-state index < -0.39 is 10.0 Å². The van der Waals surface area contributed by atoms with Crippen molar-refractivity contribution in [3.8, 4) is 0 Å². The van der Waals surface area contributed by atoms with E-state index in [2.05, 4.69) is 4.72 Å². The lowest BCUT2D eigenvalue weighted by Gasteiger charge is -2.19. The molecular weight excluding hydrogens is 296 g/mol. The molecule has 0 aromatic heterocycles. The molecule has 5 heteroatoms. The third kappa shape index (κ3) is 5.16. The largest absolute Gasteiger partial charge is 0.373 e. The Morgan fingerprint density at radius 1 is 1.05 bits per heavy atom. The SMILES string of the molecule is Cc1cccc(CS(=O)(=O)NCCN(C)c2ccccc2)c1. The fourth-order valence-electron chi connectivity index (χ4n) is 2.25. The van der Waals surface area contributed by atoms with Crippen LogP contribution in [0.1, 0.15) is 11.1 Å². The number of sulfonamides is 1. The van der Waals surface area contributed by atoms with Gasteiger partial charge in [0, 0.05) is 25.8 Å². The van der Waals surface area contributed by atoms with Crippen molar-refractivity contribution in [3.05, 3.63) is 65.7 Å². The van der Waals surface area contributed by atoms with Gasteiger partial charge in [-0.1, -0.05) is 48.0 Å². The highest BCUT2D eigenvalue weighted by Crippen LogP contribution is 2.10. The van der Waals surface area contributed by atoms with Gasteiger partial charge >= 0.3 is 0 Å². The third-order valence-electron chi connectivity index (χ3n) is 3.41. The number of para-hydroxylation sites is 1. The van der Waals surface area contributed by atoms with Crippen LogP contribution in [-0.4, -0.2) is 28.6 Å². The number of likely N-dealkylation sites (N-methyl/N-ethyl adjacent to an activating group) is 1. The van der Waals surface area contributed by atoms with Gasteiger partial charge in [0.15, 0.2) is 0 Å². The van der Waals surface area contributed by atoms with Crippen LogP contribution in [0.25, 0.3) is 0 Å². The molecule has 0 saturated carbocycles. The van der Waals surface area contributed by atoms with Gasteiger partial charge in [-0.25, -0.2) is 13.1 Å². The smallest absolute Gasteiger partial charge is 0.215 e. The molecule has 4 nitrogen and oxygen atoms in total. The van der Waals surface area contributed by atoms with Gasteiger partial charge in [-0.3, -0.25) is 0 Å². The molecule has 0 fully saturated rings. The Morgan fingerprint density at radius 2 is 1.77 bits per heavy atom. The van der Waals surface area contributed by atoms with Crippen LogP contribution in [0.3, 0.4) is 0 Å². The number of hydrogen-bond acceptors (Lipinski definition) is 3. The van der Waals surface area contributed by atoms with E-state index in [1.807, 2.05) is 73.5 Å². The monoisotopic (exact) mass is 318 g/mol. The van der Waals surface area contributed by atoms with Crippen molar-refractivity contribution in [2.24, 2.45) is 0 Å². The van der Waals surface area contributed by atoms with E-state index in [0.29, 0.717) is 13.1 Å². The predicted octanol–water partition coefficient (Wildman–Crippen LogP) is 2.55. The highest BCUT2D eigenvalue weighted by Gasteiger charge is 2.11. The van der Waals surface area contributed by atoms with Crippen molar-refractivity contribution in [1.29, 1.82) is 0 Å². The molecule has 22 heavy (non-hydrogen) atoms. The fourth-order valence-corrected chi connectivity index (χ4v) is 3.38. The van der Waals surface area contributed by atoms with Crippen LogP contribution in [0.2, 0.25) is 0 Å². The number of aryl methyl sites for hydroxylation is 1. The van der Waals surface area contributed by atoms with Crippen LogP contribution >= 0.6 is 0 Å². The molecule has 2 aromatic rings. The Bertz CT molecular complexity index is 700. The van der Waals surface area contributed by atoms with Crippen molar-refractivity contribution in [2.75, 3.05) is 25.0 Å². The summed E-state index contributed by atoms with van der Waals surface area (Å²) in [6.45, 7) is 2.97. The first-order valence-electron chi connectivity index (χ1n) is 7.25. The van der Waals surface area contributed by atoms with Crippen LogP contribution < -0.4 is 9.62 Å². The Labute approximate surface area is 132 Å². The molecule has 0 aliphatic carbocycles. The van der Waals surface area contributed by atoms with Crippen LogP contribution in [0.5, 0.6) is 0 Å². The highest BCUT2D eigenvalue weighted by atomic mass is 32.2. The van der Waals surface area contributed by atoms with E-state index in [9.17, 15) is 8.42 Å². The molecule has 0 heterocycles. The summed E-state index contributed by atoms with van der Waals surface area (Å²) in [5.41, 5.74) is 2.95. The Balaban J connectivity index is 1.85. The van der Waals surface area contributed by atoms with Crippen molar-refractivity contribution in [3.63, 3.8) is 0 Å². The van der Waals surface area contributed by atoms with Crippen molar-refractivity contribution >= 4 is 15.7 Å². The maximum atomic E-state index is 12.1. The number of hydrogen-bond donors (Lipinski definition) is 1. The summed E-state index contributed by atoms with van der Waals surface area (Å²) < 4.78 is 26.9. The Morgan fingerprint density at radius 3 is 2.45 bits per heavy atom. The molecule has 2 rings (SSSR count). The number of anilines is 1. The summed E-state index contributed by atoms with van der Waals surface area (Å²) in [6, 6.07) is 17.5. The molecule has 118 valence electrons. The van der Waals surface area contributed by atoms with Gasteiger partial charge in [0.05, 0.1) is 5.75 Å². The minimum absolute atomic E-state index is 0.0176. The van der Waals surface area contributed by atoms with E-state index in [4.69, 9.17) is 0 Å². The second-order valence-electron chi connectivity index (χ2n) is 5.40. The summed E-state index contributed by atoms with van der Waals surface area (Å²) in [6.07, 6.45) is 0.